The number of benzene rings is 2. The topological polar surface area (TPSA) is 12.5 Å². The Hall–Kier alpha value is -1.88. The summed E-state index contributed by atoms with van der Waals surface area (Å²) >= 11 is 5.97. The molecule has 0 N–H and O–H groups in total. The maximum Gasteiger partial charge on any atom is 0.573 e. The van der Waals surface area contributed by atoms with Crippen LogP contribution in [0.1, 0.15) is 0 Å². The molecule has 0 aliphatic rings. The number of hydrogen-bond acceptors (Lipinski definition) is 2. The van der Waals surface area contributed by atoms with Crippen LogP contribution in [0.2, 0.25) is 5.02 Å². The van der Waals surface area contributed by atoms with E-state index in [1.165, 1.54) is 12.1 Å². The van der Waals surface area contributed by atoms with Gasteiger partial charge in [-0.1, -0.05) is 29.8 Å². The van der Waals surface area contributed by atoms with Crippen LogP contribution >= 0.6 is 11.6 Å². The average molecular weight is 316 g/mol. The van der Waals surface area contributed by atoms with E-state index >= 15 is 0 Å². The summed E-state index contributed by atoms with van der Waals surface area (Å²) in [6.07, 6.45) is -4.68. The van der Waals surface area contributed by atoms with Gasteiger partial charge in [-0.2, -0.15) is 0 Å². The number of hydrogen-bond donors (Lipinski definition) is 0. The van der Waals surface area contributed by atoms with Gasteiger partial charge in [0.05, 0.1) is 0 Å². The molecular weight excluding hydrogens is 303 g/mol. The summed E-state index contributed by atoms with van der Waals surface area (Å²) in [7, 11) is 3.74. The van der Waals surface area contributed by atoms with E-state index in [4.69, 9.17) is 11.6 Å². The van der Waals surface area contributed by atoms with Gasteiger partial charge >= 0.3 is 6.36 Å². The molecule has 2 aromatic rings. The normalized spacial score (nSPS) is 11.3. The molecule has 6 heteroatoms. The Kier molecular flexibility index (Phi) is 4.32. The Morgan fingerprint density at radius 1 is 1.00 bits per heavy atom. The molecule has 0 aliphatic heterocycles. The molecule has 2 rings (SSSR count). The van der Waals surface area contributed by atoms with Crippen LogP contribution in [0, 0.1) is 0 Å². The SMILES string of the molecule is CN(C)c1cc(Cl)ccc1-c1ccc(OC(F)(F)F)cc1. The van der Waals surface area contributed by atoms with Crippen LogP contribution < -0.4 is 9.64 Å². The average Bonchev–Trinajstić information content (AvgIpc) is 2.38. The van der Waals surface area contributed by atoms with Crippen molar-refractivity contribution in [3.8, 4) is 16.9 Å². The zero-order valence-electron chi connectivity index (χ0n) is 11.4. The minimum Gasteiger partial charge on any atom is -0.406 e. The van der Waals surface area contributed by atoms with Crippen molar-refractivity contribution in [2.45, 2.75) is 6.36 Å². The molecule has 0 unspecified atom stereocenters. The molecule has 2 nitrogen and oxygen atoms in total. The van der Waals surface area contributed by atoms with Gasteiger partial charge in [-0.3, -0.25) is 0 Å². The molecule has 0 bridgehead atoms. The van der Waals surface area contributed by atoms with Crippen LogP contribution in [0.25, 0.3) is 11.1 Å². The quantitative estimate of drug-likeness (QED) is 0.792. The predicted octanol–water partition coefficient (Wildman–Crippen LogP) is 4.97. The molecule has 2 aromatic carbocycles. The Balaban J connectivity index is 2.35. The van der Waals surface area contributed by atoms with E-state index in [2.05, 4.69) is 4.74 Å². The highest BCUT2D eigenvalue weighted by atomic mass is 35.5. The molecule has 21 heavy (non-hydrogen) atoms. The van der Waals surface area contributed by atoms with E-state index < -0.39 is 6.36 Å². The van der Waals surface area contributed by atoms with Gasteiger partial charge in [-0.25, -0.2) is 0 Å². The van der Waals surface area contributed by atoms with Crippen LogP contribution in [-0.4, -0.2) is 20.5 Å². The first-order valence-corrected chi connectivity index (χ1v) is 6.47. The predicted molar refractivity (Wildman–Crippen MR) is 77.9 cm³/mol. The first kappa shape index (κ1) is 15.5. The van der Waals surface area contributed by atoms with E-state index in [-0.39, 0.29) is 5.75 Å². The molecule has 0 amide bonds. The molecule has 0 radical (unpaired) electrons. The highest BCUT2D eigenvalue weighted by Crippen LogP contribution is 2.33. The minimum absolute atomic E-state index is 0.244. The van der Waals surface area contributed by atoms with Crippen molar-refractivity contribution in [1.82, 2.24) is 0 Å². The van der Waals surface area contributed by atoms with Gasteiger partial charge in [0.2, 0.25) is 0 Å². The van der Waals surface area contributed by atoms with Crippen molar-refractivity contribution in [3.05, 3.63) is 47.5 Å². The summed E-state index contributed by atoms with van der Waals surface area (Å²) in [6, 6.07) is 11.1. The third kappa shape index (κ3) is 4.04. The zero-order chi connectivity index (χ0) is 15.6. The third-order valence-electron chi connectivity index (χ3n) is 2.84. The lowest BCUT2D eigenvalue weighted by molar-refractivity contribution is -0.274. The lowest BCUT2D eigenvalue weighted by atomic mass is 10.0. The van der Waals surface area contributed by atoms with Crippen molar-refractivity contribution in [1.29, 1.82) is 0 Å². The van der Waals surface area contributed by atoms with Gasteiger partial charge in [0.25, 0.3) is 0 Å². The van der Waals surface area contributed by atoms with Crippen LogP contribution in [0.4, 0.5) is 18.9 Å². The number of halogens is 4. The molecule has 0 aromatic heterocycles. The van der Waals surface area contributed by atoms with Crippen LogP contribution in [0.5, 0.6) is 5.75 Å². The molecule has 0 aliphatic carbocycles. The fourth-order valence-corrected chi connectivity index (χ4v) is 2.12. The third-order valence-corrected chi connectivity index (χ3v) is 3.08. The first-order chi connectivity index (χ1) is 9.76. The van der Waals surface area contributed by atoms with Gasteiger partial charge in [0.15, 0.2) is 0 Å². The highest BCUT2D eigenvalue weighted by Gasteiger charge is 2.30. The van der Waals surface area contributed by atoms with Crippen molar-refractivity contribution < 1.29 is 17.9 Å². The summed E-state index contributed by atoms with van der Waals surface area (Å²) in [6.45, 7) is 0. The lowest BCUT2D eigenvalue weighted by Crippen LogP contribution is -2.17. The van der Waals surface area contributed by atoms with Gasteiger partial charge in [-0.15, -0.1) is 13.2 Å². The van der Waals surface area contributed by atoms with Crippen molar-refractivity contribution in [2.75, 3.05) is 19.0 Å². The van der Waals surface area contributed by atoms with E-state index in [0.29, 0.717) is 5.02 Å². The maximum atomic E-state index is 12.1. The first-order valence-electron chi connectivity index (χ1n) is 6.09. The fourth-order valence-electron chi connectivity index (χ4n) is 1.96. The smallest absolute Gasteiger partial charge is 0.406 e. The Labute approximate surface area is 125 Å². The second kappa shape index (κ2) is 5.85. The zero-order valence-corrected chi connectivity index (χ0v) is 12.2. The van der Waals surface area contributed by atoms with Crippen molar-refractivity contribution in [3.63, 3.8) is 0 Å². The van der Waals surface area contributed by atoms with Gasteiger partial charge in [-0.05, 0) is 29.8 Å². The van der Waals surface area contributed by atoms with Gasteiger partial charge in [0.1, 0.15) is 5.75 Å². The van der Waals surface area contributed by atoms with Gasteiger partial charge in [0, 0.05) is 30.4 Å². The van der Waals surface area contributed by atoms with Gasteiger partial charge < -0.3 is 9.64 Å². The number of anilines is 1. The fraction of sp³-hybridized carbons (Fsp3) is 0.200. The van der Waals surface area contributed by atoms with Crippen LogP contribution in [0.15, 0.2) is 42.5 Å². The van der Waals surface area contributed by atoms with E-state index in [0.717, 1.165) is 16.8 Å². The molecule has 112 valence electrons. The number of rotatable bonds is 3. The highest BCUT2D eigenvalue weighted by molar-refractivity contribution is 6.31. The molecule has 0 spiro atoms. The number of alkyl halides is 3. The van der Waals surface area contributed by atoms with E-state index in [1.807, 2.05) is 25.1 Å². The lowest BCUT2D eigenvalue weighted by Gasteiger charge is -2.18. The molecule has 0 saturated carbocycles. The van der Waals surface area contributed by atoms with E-state index in [9.17, 15) is 13.2 Å². The van der Waals surface area contributed by atoms with E-state index in [1.54, 1.807) is 24.3 Å². The molecule has 0 atom stereocenters. The second-order valence-corrected chi connectivity index (χ2v) is 5.06. The Morgan fingerprint density at radius 2 is 1.62 bits per heavy atom. The summed E-state index contributed by atoms with van der Waals surface area (Å²) < 4.78 is 40.3. The molecule has 0 fully saturated rings. The largest absolute Gasteiger partial charge is 0.573 e. The minimum atomic E-state index is -4.68. The Bertz CT molecular complexity index is 624. The summed E-state index contributed by atoms with van der Waals surface area (Å²) in [5.74, 6) is -0.244. The second-order valence-electron chi connectivity index (χ2n) is 4.63. The monoisotopic (exact) mass is 315 g/mol. The molecule has 0 heterocycles. The summed E-state index contributed by atoms with van der Waals surface area (Å²) in [5, 5.41) is 0.597. The van der Waals surface area contributed by atoms with Crippen molar-refractivity contribution >= 4 is 17.3 Å². The summed E-state index contributed by atoms with van der Waals surface area (Å²) in [5.41, 5.74) is 2.54. The summed E-state index contributed by atoms with van der Waals surface area (Å²) in [4.78, 5) is 1.89. The molecular formula is C15H13ClF3NO. The maximum absolute atomic E-state index is 12.1. The van der Waals surface area contributed by atoms with Crippen molar-refractivity contribution in [2.24, 2.45) is 0 Å². The number of ether oxygens (including phenoxy) is 1. The number of nitrogens with zero attached hydrogens (tertiary/aromatic N) is 1. The molecule has 0 saturated heterocycles. The standard InChI is InChI=1S/C15H13ClF3NO/c1-20(2)14-9-11(16)5-8-13(14)10-3-6-12(7-4-10)21-15(17,18)19/h3-9H,1-2H3. The Morgan fingerprint density at radius 3 is 2.14 bits per heavy atom. The van der Waals surface area contributed by atoms with Crippen LogP contribution in [-0.2, 0) is 0 Å². The van der Waals surface area contributed by atoms with Crippen LogP contribution in [0.3, 0.4) is 0 Å².